The summed E-state index contributed by atoms with van der Waals surface area (Å²) < 4.78 is 0. The van der Waals surface area contributed by atoms with Crippen molar-refractivity contribution in [2.75, 3.05) is 20.1 Å². The minimum atomic E-state index is 0.799. The number of nitrogens with one attached hydrogen (secondary N) is 1. The molecule has 0 rings (SSSR count). The average molecular weight is 144 g/mol. The molecule has 0 spiro atoms. The molecule has 1 atom stereocenters. The van der Waals surface area contributed by atoms with Gasteiger partial charge in [-0.3, -0.25) is 5.43 Å². The van der Waals surface area contributed by atoms with Crippen molar-refractivity contribution in [3.05, 3.63) is 0 Å². The molecule has 0 amide bonds. The molecule has 0 aliphatic carbocycles. The predicted molar refractivity (Wildman–Crippen MR) is 45.8 cm³/mol. The fourth-order valence-corrected chi connectivity index (χ4v) is 0.884. The first-order valence-electron chi connectivity index (χ1n) is 4.16. The van der Waals surface area contributed by atoms with Crippen LogP contribution in [0.1, 0.15) is 27.2 Å². The molecule has 0 fully saturated rings. The first kappa shape index (κ1) is 9.92. The molecule has 10 heavy (non-hydrogen) atoms. The first-order valence-corrected chi connectivity index (χ1v) is 4.16. The summed E-state index contributed by atoms with van der Waals surface area (Å²) >= 11 is 0. The molecule has 0 aromatic rings. The van der Waals surface area contributed by atoms with Crippen molar-refractivity contribution in [3.8, 4) is 0 Å². The van der Waals surface area contributed by atoms with Gasteiger partial charge in [0, 0.05) is 13.1 Å². The molecule has 2 nitrogen and oxygen atoms in total. The van der Waals surface area contributed by atoms with E-state index in [9.17, 15) is 0 Å². The van der Waals surface area contributed by atoms with Gasteiger partial charge in [-0.05, 0) is 13.0 Å². The summed E-state index contributed by atoms with van der Waals surface area (Å²) in [6.07, 6.45) is 1.26. The third-order valence-electron chi connectivity index (χ3n) is 1.93. The Hall–Kier alpha value is -0.0800. The van der Waals surface area contributed by atoms with E-state index in [1.54, 1.807) is 0 Å². The molecule has 0 saturated carbocycles. The molecular formula is C8H20N2. The standard InChI is InChI=1S/C8H20N2/c1-5-8(3)7-10(6-2)9-4/h8-9H,5-7H2,1-4H3. The lowest BCUT2D eigenvalue weighted by Gasteiger charge is -2.22. The number of rotatable bonds is 5. The van der Waals surface area contributed by atoms with Crippen LogP contribution in [-0.2, 0) is 0 Å². The van der Waals surface area contributed by atoms with Crippen LogP contribution in [0, 0.1) is 5.92 Å². The van der Waals surface area contributed by atoms with Crippen LogP contribution >= 0.6 is 0 Å². The monoisotopic (exact) mass is 144 g/mol. The lowest BCUT2D eigenvalue weighted by atomic mass is 10.1. The van der Waals surface area contributed by atoms with Gasteiger partial charge >= 0.3 is 0 Å². The van der Waals surface area contributed by atoms with E-state index in [1.807, 2.05) is 7.05 Å². The van der Waals surface area contributed by atoms with E-state index in [4.69, 9.17) is 0 Å². The van der Waals surface area contributed by atoms with Crippen molar-refractivity contribution < 1.29 is 0 Å². The predicted octanol–water partition coefficient (Wildman–Crippen LogP) is 1.49. The molecule has 0 bridgehead atoms. The molecular weight excluding hydrogens is 124 g/mol. The first-order chi connectivity index (χ1) is 4.74. The van der Waals surface area contributed by atoms with Gasteiger partial charge in [0.1, 0.15) is 0 Å². The van der Waals surface area contributed by atoms with Crippen molar-refractivity contribution in [1.82, 2.24) is 10.4 Å². The second-order valence-corrected chi connectivity index (χ2v) is 2.78. The van der Waals surface area contributed by atoms with Crippen molar-refractivity contribution >= 4 is 0 Å². The van der Waals surface area contributed by atoms with E-state index in [1.165, 1.54) is 6.42 Å². The molecule has 0 aliphatic heterocycles. The minimum Gasteiger partial charge on any atom is -0.258 e. The lowest BCUT2D eigenvalue weighted by molar-refractivity contribution is 0.187. The lowest BCUT2D eigenvalue weighted by Crippen LogP contribution is -2.37. The third kappa shape index (κ3) is 3.85. The van der Waals surface area contributed by atoms with Crippen LogP contribution in [0.2, 0.25) is 0 Å². The van der Waals surface area contributed by atoms with E-state index < -0.39 is 0 Å². The van der Waals surface area contributed by atoms with Crippen molar-refractivity contribution in [2.45, 2.75) is 27.2 Å². The maximum Gasteiger partial charge on any atom is 0.0156 e. The summed E-state index contributed by atoms with van der Waals surface area (Å²) in [5, 5.41) is 2.23. The van der Waals surface area contributed by atoms with Gasteiger partial charge in [0.25, 0.3) is 0 Å². The van der Waals surface area contributed by atoms with Gasteiger partial charge in [-0.2, -0.15) is 0 Å². The van der Waals surface area contributed by atoms with Gasteiger partial charge in [-0.15, -0.1) is 0 Å². The molecule has 0 aliphatic rings. The number of hydrazine groups is 1. The molecule has 62 valence electrons. The Labute approximate surface area is 64.6 Å². The van der Waals surface area contributed by atoms with Crippen LogP contribution in [0.15, 0.2) is 0 Å². The zero-order valence-electron chi connectivity index (χ0n) is 7.65. The molecule has 2 heteroatoms. The van der Waals surface area contributed by atoms with E-state index in [-0.39, 0.29) is 0 Å². The van der Waals surface area contributed by atoms with Gasteiger partial charge < -0.3 is 0 Å². The van der Waals surface area contributed by atoms with Gasteiger partial charge in [-0.25, -0.2) is 5.01 Å². The molecule has 1 unspecified atom stereocenters. The van der Waals surface area contributed by atoms with Crippen molar-refractivity contribution in [3.63, 3.8) is 0 Å². The Balaban J connectivity index is 3.41. The summed E-state index contributed by atoms with van der Waals surface area (Å²) in [5.41, 5.74) is 3.15. The highest BCUT2D eigenvalue weighted by Crippen LogP contribution is 2.01. The van der Waals surface area contributed by atoms with Crippen LogP contribution in [0.3, 0.4) is 0 Å². The van der Waals surface area contributed by atoms with E-state index in [0.29, 0.717) is 0 Å². The van der Waals surface area contributed by atoms with Crippen LogP contribution in [-0.4, -0.2) is 25.1 Å². The average Bonchev–Trinajstić information content (AvgIpc) is 1.99. The van der Waals surface area contributed by atoms with Crippen LogP contribution in [0.25, 0.3) is 0 Å². The summed E-state index contributed by atoms with van der Waals surface area (Å²) in [5.74, 6) is 0.799. The van der Waals surface area contributed by atoms with Gasteiger partial charge in [0.15, 0.2) is 0 Å². The maximum absolute atomic E-state index is 3.15. The molecule has 0 saturated heterocycles. The summed E-state index contributed by atoms with van der Waals surface area (Å²) in [7, 11) is 1.98. The largest absolute Gasteiger partial charge is 0.258 e. The quantitative estimate of drug-likeness (QED) is 0.588. The summed E-state index contributed by atoms with van der Waals surface area (Å²) in [4.78, 5) is 0. The van der Waals surface area contributed by atoms with E-state index >= 15 is 0 Å². The SMILES string of the molecule is CCC(C)CN(CC)NC. The maximum atomic E-state index is 3.15. The zero-order valence-corrected chi connectivity index (χ0v) is 7.65. The van der Waals surface area contributed by atoms with Gasteiger partial charge in [-0.1, -0.05) is 27.2 Å². The Kier molecular flexibility index (Phi) is 5.64. The van der Waals surface area contributed by atoms with E-state index in [2.05, 4.69) is 31.2 Å². The second-order valence-electron chi connectivity index (χ2n) is 2.78. The van der Waals surface area contributed by atoms with Gasteiger partial charge in [0.2, 0.25) is 0 Å². The zero-order chi connectivity index (χ0) is 7.98. The number of nitrogens with zero attached hydrogens (tertiary/aromatic N) is 1. The van der Waals surface area contributed by atoms with Crippen molar-refractivity contribution in [1.29, 1.82) is 0 Å². The van der Waals surface area contributed by atoms with Crippen LogP contribution < -0.4 is 5.43 Å². The molecule has 0 aromatic heterocycles. The third-order valence-corrected chi connectivity index (χ3v) is 1.93. The Morgan fingerprint density at radius 3 is 2.30 bits per heavy atom. The Morgan fingerprint density at radius 2 is 2.00 bits per heavy atom. The highest BCUT2D eigenvalue weighted by molar-refractivity contribution is 4.54. The summed E-state index contributed by atoms with van der Waals surface area (Å²) in [6.45, 7) is 8.91. The van der Waals surface area contributed by atoms with Gasteiger partial charge in [0.05, 0.1) is 0 Å². The smallest absolute Gasteiger partial charge is 0.0156 e. The molecule has 1 N–H and O–H groups in total. The topological polar surface area (TPSA) is 15.3 Å². The van der Waals surface area contributed by atoms with Crippen LogP contribution in [0.5, 0.6) is 0 Å². The molecule has 0 radical (unpaired) electrons. The Bertz CT molecular complexity index is 69.7. The highest BCUT2D eigenvalue weighted by atomic mass is 15.5. The number of hydrogen-bond acceptors (Lipinski definition) is 2. The van der Waals surface area contributed by atoms with E-state index in [0.717, 1.165) is 19.0 Å². The second kappa shape index (κ2) is 5.69. The molecule has 0 aromatic carbocycles. The molecule has 0 heterocycles. The summed E-state index contributed by atoms with van der Waals surface area (Å²) in [6, 6.07) is 0. The minimum absolute atomic E-state index is 0.799. The fraction of sp³-hybridized carbons (Fsp3) is 1.00. The fourth-order valence-electron chi connectivity index (χ4n) is 0.884. The van der Waals surface area contributed by atoms with Crippen molar-refractivity contribution in [2.24, 2.45) is 5.92 Å². The number of hydrogen-bond donors (Lipinski definition) is 1. The normalized spacial score (nSPS) is 14.1. The van der Waals surface area contributed by atoms with Crippen LogP contribution in [0.4, 0.5) is 0 Å². The highest BCUT2D eigenvalue weighted by Gasteiger charge is 2.03. The Morgan fingerprint density at radius 1 is 1.40 bits per heavy atom.